The highest BCUT2D eigenvalue weighted by atomic mass is 35.5. The molecule has 6 nitrogen and oxygen atoms in total. The normalized spacial score (nSPS) is 10.9. The van der Waals surface area contributed by atoms with E-state index in [1.807, 2.05) is 18.2 Å². The Hall–Kier alpha value is -3.51. The van der Waals surface area contributed by atoms with Gasteiger partial charge >= 0.3 is 0 Å². The van der Waals surface area contributed by atoms with Gasteiger partial charge in [0.2, 0.25) is 0 Å². The van der Waals surface area contributed by atoms with Crippen molar-refractivity contribution in [2.24, 2.45) is 0 Å². The van der Waals surface area contributed by atoms with Crippen LogP contribution in [0.25, 0.3) is 11.0 Å². The topological polar surface area (TPSA) is 65.4 Å². The molecule has 1 aromatic heterocycles. The predicted molar refractivity (Wildman–Crippen MR) is 139 cm³/mol. The third kappa shape index (κ3) is 6.76. The fraction of sp³-hybridized carbons (Fsp3) is 0.286. The van der Waals surface area contributed by atoms with E-state index in [1.165, 1.54) is 5.56 Å². The van der Waals surface area contributed by atoms with E-state index >= 15 is 0 Å². The van der Waals surface area contributed by atoms with Crippen molar-refractivity contribution >= 4 is 28.5 Å². The van der Waals surface area contributed by atoms with Crippen molar-refractivity contribution in [3.8, 4) is 11.5 Å². The zero-order chi connectivity index (χ0) is 24.6. The van der Waals surface area contributed by atoms with Crippen LogP contribution in [0.5, 0.6) is 11.5 Å². The second-order valence-electron chi connectivity index (χ2n) is 8.51. The number of hydrogen-bond acceptors (Lipinski definition) is 4. The summed E-state index contributed by atoms with van der Waals surface area (Å²) in [6.07, 6.45) is 1.85. The molecule has 0 saturated heterocycles. The van der Waals surface area contributed by atoms with E-state index in [1.54, 1.807) is 24.3 Å². The van der Waals surface area contributed by atoms with Gasteiger partial charge in [-0.05, 0) is 80.3 Å². The molecule has 0 radical (unpaired) electrons. The lowest BCUT2D eigenvalue weighted by atomic mass is 10.1. The minimum Gasteiger partial charge on any atom is -0.493 e. The van der Waals surface area contributed by atoms with Gasteiger partial charge in [0.15, 0.2) is 6.61 Å². The minimum absolute atomic E-state index is 0.0718. The molecule has 0 atom stereocenters. The maximum atomic E-state index is 12.4. The van der Waals surface area contributed by atoms with E-state index in [0.717, 1.165) is 47.6 Å². The van der Waals surface area contributed by atoms with E-state index < -0.39 is 0 Å². The molecular formula is C28H30ClN3O3. The van der Waals surface area contributed by atoms with Crippen LogP contribution in [0.3, 0.4) is 0 Å². The third-order valence-electron chi connectivity index (χ3n) is 5.74. The maximum Gasteiger partial charge on any atom is 0.258 e. The highest BCUT2D eigenvalue weighted by molar-refractivity contribution is 6.30. The van der Waals surface area contributed by atoms with Crippen molar-refractivity contribution < 1.29 is 14.3 Å². The van der Waals surface area contributed by atoms with Crippen molar-refractivity contribution in [2.75, 3.05) is 13.2 Å². The van der Waals surface area contributed by atoms with Crippen molar-refractivity contribution in [2.45, 2.75) is 39.8 Å². The summed E-state index contributed by atoms with van der Waals surface area (Å²) in [4.78, 5) is 17.1. The number of aromatic nitrogens is 2. The second kappa shape index (κ2) is 11.8. The van der Waals surface area contributed by atoms with E-state index in [-0.39, 0.29) is 12.5 Å². The smallest absolute Gasteiger partial charge is 0.258 e. The first-order chi connectivity index (χ1) is 17.0. The Kier molecular flexibility index (Phi) is 8.27. The Bertz CT molecular complexity index is 1280. The van der Waals surface area contributed by atoms with Gasteiger partial charge in [-0.1, -0.05) is 35.9 Å². The summed E-state index contributed by atoms with van der Waals surface area (Å²) in [6, 6.07) is 21.2. The second-order valence-corrected chi connectivity index (χ2v) is 8.95. The number of carbonyl (C=O) groups excluding carboxylic acids is 1. The highest BCUT2D eigenvalue weighted by Crippen LogP contribution is 2.20. The summed E-state index contributed by atoms with van der Waals surface area (Å²) in [5, 5.41) is 3.54. The first-order valence-corrected chi connectivity index (χ1v) is 12.2. The molecule has 0 spiro atoms. The number of nitrogens with one attached hydrogen (secondary N) is 1. The number of hydrogen-bond donors (Lipinski definition) is 1. The lowest BCUT2D eigenvalue weighted by Crippen LogP contribution is -2.29. The van der Waals surface area contributed by atoms with Gasteiger partial charge in [0, 0.05) is 11.6 Å². The summed E-state index contributed by atoms with van der Waals surface area (Å²) in [5.74, 6) is 2.16. The molecule has 1 heterocycles. The fourth-order valence-corrected chi connectivity index (χ4v) is 3.96. The van der Waals surface area contributed by atoms with Gasteiger partial charge in [0.25, 0.3) is 5.91 Å². The lowest BCUT2D eigenvalue weighted by Gasteiger charge is -2.12. The van der Waals surface area contributed by atoms with Gasteiger partial charge in [-0.3, -0.25) is 4.79 Å². The Balaban J connectivity index is 1.31. The first-order valence-electron chi connectivity index (χ1n) is 11.8. The molecule has 1 amide bonds. The lowest BCUT2D eigenvalue weighted by molar-refractivity contribution is -0.123. The number of fused-ring (bicyclic) bond motifs is 1. The Morgan fingerprint density at radius 2 is 1.80 bits per heavy atom. The Labute approximate surface area is 210 Å². The number of rotatable bonds is 11. The average molecular weight is 492 g/mol. The van der Waals surface area contributed by atoms with Crippen LogP contribution >= 0.6 is 11.6 Å². The molecule has 1 N–H and O–H groups in total. The van der Waals surface area contributed by atoms with E-state index in [4.69, 9.17) is 26.1 Å². The van der Waals surface area contributed by atoms with Gasteiger partial charge < -0.3 is 19.4 Å². The summed E-state index contributed by atoms with van der Waals surface area (Å²) in [6.45, 7) is 5.84. The van der Waals surface area contributed by atoms with E-state index in [0.29, 0.717) is 23.9 Å². The molecule has 0 aliphatic rings. The number of benzene rings is 3. The minimum atomic E-state index is -0.208. The molecule has 0 unspecified atom stereocenters. The van der Waals surface area contributed by atoms with Gasteiger partial charge in [0.1, 0.15) is 17.3 Å². The molecule has 0 aliphatic heterocycles. The number of para-hydroxylation sites is 2. The standard InChI is InChI=1S/C28H30ClN3O3/c1-20-9-10-21(2)26(17-20)34-16-6-5-15-32-25-8-4-3-7-24(25)31-27(32)18-30-28(33)19-35-23-13-11-22(29)12-14-23/h3-4,7-14,17H,5-6,15-16,18-19H2,1-2H3,(H,30,33). The van der Waals surface area contributed by atoms with Crippen LogP contribution in [0.4, 0.5) is 0 Å². The number of carbonyl (C=O) groups is 1. The molecule has 182 valence electrons. The van der Waals surface area contributed by atoms with Crippen molar-refractivity contribution in [1.29, 1.82) is 0 Å². The zero-order valence-electron chi connectivity index (χ0n) is 20.1. The highest BCUT2D eigenvalue weighted by Gasteiger charge is 2.12. The summed E-state index contributed by atoms with van der Waals surface area (Å²) in [5.41, 5.74) is 4.32. The van der Waals surface area contributed by atoms with Gasteiger partial charge in [-0.15, -0.1) is 0 Å². The van der Waals surface area contributed by atoms with Crippen LogP contribution in [-0.4, -0.2) is 28.7 Å². The van der Waals surface area contributed by atoms with E-state index in [9.17, 15) is 4.79 Å². The van der Waals surface area contributed by atoms with Crippen LogP contribution in [0.2, 0.25) is 5.02 Å². The molecule has 7 heteroatoms. The summed E-state index contributed by atoms with van der Waals surface area (Å²) in [7, 11) is 0. The van der Waals surface area contributed by atoms with Crippen LogP contribution < -0.4 is 14.8 Å². The number of nitrogens with zero attached hydrogens (tertiary/aromatic N) is 2. The van der Waals surface area contributed by atoms with Crippen molar-refractivity contribution in [3.63, 3.8) is 0 Å². The molecule has 0 fully saturated rings. The van der Waals surface area contributed by atoms with Gasteiger partial charge in [-0.25, -0.2) is 4.98 Å². The van der Waals surface area contributed by atoms with Gasteiger partial charge in [0.05, 0.1) is 24.2 Å². The molecule has 4 rings (SSSR count). The average Bonchev–Trinajstić information content (AvgIpc) is 3.21. The Morgan fingerprint density at radius 3 is 2.63 bits per heavy atom. The largest absolute Gasteiger partial charge is 0.493 e. The van der Waals surface area contributed by atoms with Crippen LogP contribution in [0, 0.1) is 13.8 Å². The monoisotopic (exact) mass is 491 g/mol. The van der Waals surface area contributed by atoms with Crippen LogP contribution in [0.15, 0.2) is 66.7 Å². The number of ether oxygens (including phenoxy) is 2. The van der Waals surface area contributed by atoms with E-state index in [2.05, 4.69) is 48.0 Å². The number of unbranched alkanes of at least 4 members (excludes halogenated alkanes) is 1. The zero-order valence-corrected chi connectivity index (χ0v) is 20.8. The third-order valence-corrected chi connectivity index (χ3v) is 5.99. The molecule has 3 aromatic carbocycles. The summed E-state index contributed by atoms with van der Waals surface area (Å²) < 4.78 is 13.7. The molecule has 0 saturated carbocycles. The Morgan fingerprint density at radius 1 is 1.00 bits per heavy atom. The van der Waals surface area contributed by atoms with Crippen molar-refractivity contribution in [3.05, 3.63) is 88.7 Å². The first kappa shape index (κ1) is 24.6. The fourth-order valence-electron chi connectivity index (χ4n) is 3.84. The molecule has 35 heavy (non-hydrogen) atoms. The quantitative estimate of drug-likeness (QED) is 0.267. The SMILES string of the molecule is Cc1ccc(C)c(OCCCCn2c(CNC(=O)COc3ccc(Cl)cc3)nc3ccccc32)c1. The number of imidazole rings is 1. The summed E-state index contributed by atoms with van der Waals surface area (Å²) >= 11 is 5.88. The molecular weight excluding hydrogens is 462 g/mol. The predicted octanol–water partition coefficient (Wildman–Crippen LogP) is 5.86. The molecule has 0 aliphatic carbocycles. The maximum absolute atomic E-state index is 12.4. The molecule has 0 bridgehead atoms. The number of aryl methyl sites for hydroxylation is 3. The van der Waals surface area contributed by atoms with Crippen LogP contribution in [-0.2, 0) is 17.9 Å². The molecule has 4 aromatic rings. The van der Waals surface area contributed by atoms with Gasteiger partial charge in [-0.2, -0.15) is 0 Å². The number of amides is 1. The van der Waals surface area contributed by atoms with Crippen LogP contribution in [0.1, 0.15) is 29.8 Å². The van der Waals surface area contributed by atoms with Crippen molar-refractivity contribution in [1.82, 2.24) is 14.9 Å². The number of halogens is 1.